The van der Waals surface area contributed by atoms with Gasteiger partial charge in [0.2, 0.25) is 5.91 Å². The second-order valence-electron chi connectivity index (χ2n) is 5.54. The maximum atomic E-state index is 12.5. The van der Waals surface area contributed by atoms with Gasteiger partial charge in [-0.1, -0.05) is 17.7 Å². The van der Waals surface area contributed by atoms with Gasteiger partial charge in [0.05, 0.1) is 11.2 Å². The number of aryl methyl sites for hydroxylation is 1. The molecule has 0 saturated carbocycles. The molecule has 0 saturated heterocycles. The van der Waals surface area contributed by atoms with Crippen molar-refractivity contribution in [2.24, 2.45) is 0 Å². The summed E-state index contributed by atoms with van der Waals surface area (Å²) < 4.78 is 30.3. The Balaban J connectivity index is 2.05. The number of rotatable bonds is 4. The third kappa shape index (κ3) is 3.61. The van der Waals surface area contributed by atoms with Gasteiger partial charge < -0.3 is 9.50 Å². The molecule has 1 amide bonds. The van der Waals surface area contributed by atoms with E-state index in [4.69, 9.17) is 4.18 Å². The smallest absolute Gasteiger partial charge is 0.339 e. The van der Waals surface area contributed by atoms with Gasteiger partial charge in [-0.05, 0) is 43.3 Å². The van der Waals surface area contributed by atoms with E-state index in [1.54, 1.807) is 36.5 Å². The number of aromatic nitrogens is 1. The summed E-state index contributed by atoms with van der Waals surface area (Å²) in [6, 6.07) is 12.8. The summed E-state index contributed by atoms with van der Waals surface area (Å²) in [7, 11) is -3.97. The first-order chi connectivity index (χ1) is 11.9. The lowest BCUT2D eigenvalue weighted by Crippen LogP contribution is -2.11. The van der Waals surface area contributed by atoms with Crippen LogP contribution in [0.3, 0.4) is 0 Å². The fourth-order valence-electron chi connectivity index (χ4n) is 2.38. The summed E-state index contributed by atoms with van der Waals surface area (Å²) in [5, 5.41) is 3.16. The molecule has 2 aromatic carbocycles. The van der Waals surface area contributed by atoms with Gasteiger partial charge in [0.1, 0.15) is 4.90 Å². The van der Waals surface area contributed by atoms with Gasteiger partial charge in [-0.3, -0.25) is 9.78 Å². The lowest BCUT2D eigenvalue weighted by Gasteiger charge is -2.12. The highest BCUT2D eigenvalue weighted by atomic mass is 32.2. The first-order valence-electron chi connectivity index (χ1n) is 7.53. The summed E-state index contributed by atoms with van der Waals surface area (Å²) in [6.07, 6.45) is 1.56. The number of fused-ring (bicyclic) bond motifs is 1. The molecule has 3 rings (SSSR count). The summed E-state index contributed by atoms with van der Waals surface area (Å²) >= 11 is 0. The molecule has 0 bridgehead atoms. The number of nitrogens with one attached hydrogen (secondary N) is 1. The fraction of sp³-hybridized carbons (Fsp3) is 0.111. The van der Waals surface area contributed by atoms with E-state index >= 15 is 0 Å². The Morgan fingerprint density at radius 1 is 1.08 bits per heavy atom. The van der Waals surface area contributed by atoms with Crippen molar-refractivity contribution in [2.75, 3.05) is 5.32 Å². The number of carbonyl (C=O) groups excluding carboxylic acids is 1. The highest BCUT2D eigenvalue weighted by Gasteiger charge is 2.19. The molecule has 0 atom stereocenters. The van der Waals surface area contributed by atoms with Crippen LogP contribution >= 0.6 is 0 Å². The topological polar surface area (TPSA) is 85.4 Å². The normalized spacial score (nSPS) is 11.3. The van der Waals surface area contributed by atoms with E-state index in [1.807, 2.05) is 6.92 Å². The summed E-state index contributed by atoms with van der Waals surface area (Å²) in [5.41, 5.74) is 1.89. The highest BCUT2D eigenvalue weighted by Crippen LogP contribution is 2.32. The molecule has 0 radical (unpaired) electrons. The van der Waals surface area contributed by atoms with Gasteiger partial charge in [-0.15, -0.1) is 0 Å². The van der Waals surface area contributed by atoms with Gasteiger partial charge >= 0.3 is 10.1 Å². The molecule has 0 fully saturated rings. The minimum atomic E-state index is -3.97. The van der Waals surface area contributed by atoms with Crippen molar-refractivity contribution in [3.05, 3.63) is 60.3 Å². The molecule has 0 unspecified atom stereocenters. The number of hydrogen-bond donors (Lipinski definition) is 1. The zero-order valence-electron chi connectivity index (χ0n) is 13.7. The van der Waals surface area contributed by atoms with E-state index < -0.39 is 10.1 Å². The molecule has 0 aliphatic carbocycles. The quantitative estimate of drug-likeness (QED) is 0.725. The van der Waals surface area contributed by atoms with E-state index in [1.165, 1.54) is 25.1 Å². The van der Waals surface area contributed by atoms with Crippen molar-refractivity contribution in [3.63, 3.8) is 0 Å². The van der Waals surface area contributed by atoms with E-state index in [0.717, 1.165) is 5.56 Å². The van der Waals surface area contributed by atoms with Crippen LogP contribution in [-0.4, -0.2) is 19.3 Å². The standard InChI is InChI=1S/C18H16N2O4S/c1-12-5-7-14(8-6-12)25(22,23)24-17-10-9-16(20-13(2)21)18-15(17)4-3-11-19-18/h3-11H,1-2H3,(H,20,21). The zero-order chi connectivity index (χ0) is 18.0. The molecule has 128 valence electrons. The number of amides is 1. The molecule has 3 aromatic rings. The minimum Gasteiger partial charge on any atom is -0.378 e. The molecular weight excluding hydrogens is 340 g/mol. The van der Waals surface area contributed by atoms with Crippen LogP contribution in [-0.2, 0) is 14.9 Å². The number of pyridine rings is 1. The monoisotopic (exact) mass is 356 g/mol. The molecule has 0 aliphatic heterocycles. The molecule has 1 N–H and O–H groups in total. The van der Waals surface area contributed by atoms with Crippen LogP contribution in [0.4, 0.5) is 5.69 Å². The Morgan fingerprint density at radius 2 is 1.80 bits per heavy atom. The Hall–Kier alpha value is -2.93. The predicted octanol–water partition coefficient (Wildman–Crippen LogP) is 3.27. The van der Waals surface area contributed by atoms with Crippen LogP contribution in [0.15, 0.2) is 59.6 Å². The van der Waals surface area contributed by atoms with Crippen LogP contribution in [0.1, 0.15) is 12.5 Å². The largest absolute Gasteiger partial charge is 0.378 e. The summed E-state index contributed by atoms with van der Waals surface area (Å²) in [5.74, 6) is -0.0920. The fourth-order valence-corrected chi connectivity index (χ4v) is 3.33. The van der Waals surface area contributed by atoms with E-state index in [0.29, 0.717) is 16.6 Å². The van der Waals surface area contributed by atoms with Gasteiger partial charge in [0.25, 0.3) is 0 Å². The first-order valence-corrected chi connectivity index (χ1v) is 8.94. The van der Waals surface area contributed by atoms with Gasteiger partial charge in [0, 0.05) is 18.5 Å². The van der Waals surface area contributed by atoms with Crippen LogP contribution in [0.2, 0.25) is 0 Å². The van der Waals surface area contributed by atoms with Crippen LogP contribution in [0, 0.1) is 6.92 Å². The number of benzene rings is 2. The molecule has 1 aromatic heterocycles. The average Bonchev–Trinajstić information content (AvgIpc) is 2.57. The van der Waals surface area contributed by atoms with Crippen molar-refractivity contribution < 1.29 is 17.4 Å². The zero-order valence-corrected chi connectivity index (χ0v) is 14.5. The van der Waals surface area contributed by atoms with Crippen molar-refractivity contribution in [3.8, 4) is 5.75 Å². The Bertz CT molecular complexity index is 1040. The molecule has 0 spiro atoms. The first kappa shape index (κ1) is 16.9. The van der Waals surface area contributed by atoms with Crippen molar-refractivity contribution >= 4 is 32.6 Å². The minimum absolute atomic E-state index is 0.0704. The van der Waals surface area contributed by atoms with Crippen LogP contribution in [0.5, 0.6) is 5.75 Å². The van der Waals surface area contributed by atoms with E-state index in [2.05, 4.69) is 10.3 Å². The third-order valence-electron chi connectivity index (χ3n) is 3.55. The molecule has 7 heteroatoms. The lowest BCUT2D eigenvalue weighted by molar-refractivity contribution is -0.114. The van der Waals surface area contributed by atoms with Crippen molar-refractivity contribution in [2.45, 2.75) is 18.7 Å². The van der Waals surface area contributed by atoms with Crippen molar-refractivity contribution in [1.82, 2.24) is 4.98 Å². The maximum absolute atomic E-state index is 12.5. The van der Waals surface area contributed by atoms with Crippen molar-refractivity contribution in [1.29, 1.82) is 0 Å². The molecule has 1 heterocycles. The van der Waals surface area contributed by atoms with Gasteiger partial charge in [-0.25, -0.2) is 0 Å². The Kier molecular flexibility index (Phi) is 4.41. The molecular formula is C18H16N2O4S. The number of anilines is 1. The number of nitrogens with zero attached hydrogens (tertiary/aromatic N) is 1. The van der Waals surface area contributed by atoms with Gasteiger partial charge in [-0.2, -0.15) is 8.42 Å². The number of carbonyl (C=O) groups is 1. The maximum Gasteiger partial charge on any atom is 0.339 e. The Morgan fingerprint density at radius 3 is 2.48 bits per heavy atom. The van der Waals surface area contributed by atoms with Crippen LogP contribution in [0.25, 0.3) is 10.9 Å². The highest BCUT2D eigenvalue weighted by molar-refractivity contribution is 7.87. The van der Waals surface area contributed by atoms with E-state index in [-0.39, 0.29) is 16.6 Å². The second-order valence-corrected chi connectivity index (χ2v) is 7.09. The molecule has 0 aliphatic rings. The SMILES string of the molecule is CC(=O)Nc1ccc(OS(=O)(=O)c2ccc(C)cc2)c2cccnc12. The summed E-state index contributed by atoms with van der Waals surface area (Å²) in [4.78, 5) is 15.6. The Labute approximate surface area is 145 Å². The second kappa shape index (κ2) is 6.52. The number of hydrogen-bond acceptors (Lipinski definition) is 5. The van der Waals surface area contributed by atoms with E-state index in [9.17, 15) is 13.2 Å². The van der Waals surface area contributed by atoms with Crippen LogP contribution < -0.4 is 9.50 Å². The molecule has 6 nitrogen and oxygen atoms in total. The van der Waals surface area contributed by atoms with Gasteiger partial charge in [0.15, 0.2) is 5.75 Å². The average molecular weight is 356 g/mol. The predicted molar refractivity (Wildman–Crippen MR) is 95.0 cm³/mol. The lowest BCUT2D eigenvalue weighted by atomic mass is 10.1. The third-order valence-corrected chi connectivity index (χ3v) is 4.80. The molecule has 25 heavy (non-hydrogen) atoms. The summed E-state index contributed by atoms with van der Waals surface area (Å²) in [6.45, 7) is 3.26.